The molecule has 0 spiro atoms. The summed E-state index contributed by atoms with van der Waals surface area (Å²) in [4.78, 5) is 27.3. The highest BCUT2D eigenvalue weighted by Crippen LogP contribution is 2.05. The molecule has 0 radical (unpaired) electrons. The number of rotatable bonds is 5. The number of hydrogen-bond acceptors (Lipinski definition) is 6. The van der Waals surface area contributed by atoms with Gasteiger partial charge in [-0.25, -0.2) is 19.0 Å². The molecule has 0 fully saturated rings. The molecular weight excluding hydrogens is 318 g/mol. The maximum atomic E-state index is 11.8. The van der Waals surface area contributed by atoms with Crippen molar-refractivity contribution < 1.29 is 9.53 Å². The van der Waals surface area contributed by atoms with Gasteiger partial charge in [0.25, 0.3) is 0 Å². The lowest BCUT2D eigenvalue weighted by Crippen LogP contribution is -2.27. The fourth-order valence-electron chi connectivity index (χ4n) is 1.45. The Morgan fingerprint density at radius 3 is 3.00 bits per heavy atom. The number of unbranched alkanes of at least 4 members (excludes halogenated alkanes) is 1. The zero-order valence-electron chi connectivity index (χ0n) is 10.2. The summed E-state index contributed by atoms with van der Waals surface area (Å²) >= 11 is 3.29. The number of aromatic nitrogens is 5. The van der Waals surface area contributed by atoms with Crippen molar-refractivity contribution in [2.45, 2.75) is 12.8 Å². The van der Waals surface area contributed by atoms with Crippen molar-refractivity contribution in [1.82, 2.24) is 24.4 Å². The summed E-state index contributed by atoms with van der Waals surface area (Å²) in [6.07, 6.45) is 2.91. The number of hydrogen-bond donors (Lipinski definition) is 0. The van der Waals surface area contributed by atoms with Crippen LogP contribution in [0.2, 0.25) is 0 Å². The van der Waals surface area contributed by atoms with E-state index in [-0.39, 0.29) is 11.3 Å². The van der Waals surface area contributed by atoms with Crippen molar-refractivity contribution in [2.75, 3.05) is 11.9 Å². The van der Waals surface area contributed by atoms with Crippen molar-refractivity contribution in [1.29, 1.82) is 0 Å². The molecule has 2 aromatic rings. The molecule has 19 heavy (non-hydrogen) atoms. The number of imidazole rings is 1. The van der Waals surface area contributed by atoms with Crippen molar-refractivity contribution in [3.05, 3.63) is 22.5 Å². The van der Waals surface area contributed by atoms with Gasteiger partial charge in [0.1, 0.15) is 6.33 Å². The van der Waals surface area contributed by atoms with Gasteiger partial charge >= 0.3 is 11.7 Å². The average molecular weight is 330 g/mol. The van der Waals surface area contributed by atoms with Gasteiger partial charge < -0.3 is 4.74 Å². The lowest BCUT2D eigenvalue weighted by atomic mass is 10.3. The van der Waals surface area contributed by atoms with Gasteiger partial charge in [-0.15, -0.1) is 5.10 Å². The van der Waals surface area contributed by atoms with E-state index >= 15 is 0 Å². The molecule has 0 amide bonds. The third-order valence-electron chi connectivity index (χ3n) is 2.45. The first-order valence-corrected chi connectivity index (χ1v) is 6.77. The fraction of sp³-hybridized carbons (Fsp3) is 0.500. The summed E-state index contributed by atoms with van der Waals surface area (Å²) in [5.74, 6) is -0.598. The molecule has 102 valence electrons. The van der Waals surface area contributed by atoms with E-state index in [0.29, 0.717) is 6.61 Å². The summed E-state index contributed by atoms with van der Waals surface area (Å²) in [7, 11) is 1.47. The molecule has 0 unspecified atom stereocenters. The van der Waals surface area contributed by atoms with Gasteiger partial charge in [-0.3, -0.25) is 0 Å². The van der Waals surface area contributed by atoms with Crippen LogP contribution in [0.1, 0.15) is 23.3 Å². The van der Waals surface area contributed by atoms with Gasteiger partial charge in [0, 0.05) is 12.4 Å². The predicted molar refractivity (Wildman–Crippen MR) is 69.3 cm³/mol. The predicted octanol–water partition coefficient (Wildman–Crippen LogP) is 0.155. The zero-order valence-corrected chi connectivity index (χ0v) is 11.8. The first-order chi connectivity index (χ1) is 9.15. The Labute approximate surface area is 116 Å². The SMILES string of the molecule is Cn1nnc2c(C(=O)OCCCCBr)ncn2c1=O. The van der Waals surface area contributed by atoms with Gasteiger partial charge in [-0.05, 0) is 12.8 Å². The van der Waals surface area contributed by atoms with Crippen molar-refractivity contribution in [3.63, 3.8) is 0 Å². The van der Waals surface area contributed by atoms with E-state index in [1.807, 2.05) is 0 Å². The molecule has 9 heteroatoms. The normalized spacial score (nSPS) is 10.8. The van der Waals surface area contributed by atoms with Crippen LogP contribution in [0.4, 0.5) is 0 Å². The second kappa shape index (κ2) is 5.91. The molecule has 2 aromatic heterocycles. The largest absolute Gasteiger partial charge is 0.461 e. The highest BCUT2D eigenvalue weighted by atomic mass is 79.9. The molecular formula is C10H12BrN5O3. The zero-order chi connectivity index (χ0) is 13.8. The smallest absolute Gasteiger partial charge is 0.360 e. The maximum Gasteiger partial charge on any atom is 0.360 e. The Kier molecular flexibility index (Phi) is 4.25. The summed E-state index contributed by atoms with van der Waals surface area (Å²) in [6.45, 7) is 0.307. The quantitative estimate of drug-likeness (QED) is 0.440. The van der Waals surface area contributed by atoms with Crippen LogP contribution >= 0.6 is 15.9 Å². The summed E-state index contributed by atoms with van der Waals surface area (Å²) in [6, 6.07) is 0. The minimum absolute atomic E-state index is 0.00374. The number of ether oxygens (including phenoxy) is 1. The molecule has 0 aliphatic carbocycles. The van der Waals surface area contributed by atoms with Gasteiger partial charge in [0.15, 0.2) is 11.3 Å². The minimum Gasteiger partial charge on any atom is -0.461 e. The van der Waals surface area contributed by atoms with E-state index in [1.165, 1.54) is 13.4 Å². The lowest BCUT2D eigenvalue weighted by Gasteiger charge is -2.01. The number of fused-ring (bicyclic) bond motifs is 1. The van der Waals surface area contributed by atoms with E-state index in [4.69, 9.17) is 4.74 Å². The second-order valence-corrected chi connectivity index (χ2v) is 4.61. The van der Waals surface area contributed by atoms with Crippen LogP contribution in [0.25, 0.3) is 5.65 Å². The molecule has 0 aliphatic heterocycles. The summed E-state index contributed by atoms with van der Waals surface area (Å²) in [5.41, 5.74) is -0.312. The maximum absolute atomic E-state index is 11.8. The third-order valence-corrected chi connectivity index (χ3v) is 3.01. The van der Waals surface area contributed by atoms with Crippen molar-refractivity contribution >= 4 is 27.5 Å². The Bertz CT molecular complexity index is 650. The van der Waals surface area contributed by atoms with Crippen LogP contribution in [-0.2, 0) is 11.8 Å². The van der Waals surface area contributed by atoms with Crippen LogP contribution < -0.4 is 5.69 Å². The number of alkyl halides is 1. The Morgan fingerprint density at radius 2 is 2.26 bits per heavy atom. The van der Waals surface area contributed by atoms with Crippen LogP contribution in [0.5, 0.6) is 0 Å². The lowest BCUT2D eigenvalue weighted by molar-refractivity contribution is 0.0496. The third kappa shape index (κ3) is 2.80. The molecule has 2 rings (SSSR count). The van der Waals surface area contributed by atoms with Gasteiger partial charge in [-0.2, -0.15) is 4.68 Å². The van der Waals surface area contributed by atoms with E-state index in [1.54, 1.807) is 0 Å². The van der Waals surface area contributed by atoms with E-state index < -0.39 is 11.7 Å². The van der Waals surface area contributed by atoms with Gasteiger partial charge in [0.2, 0.25) is 0 Å². The van der Waals surface area contributed by atoms with Crippen molar-refractivity contribution in [3.8, 4) is 0 Å². The van der Waals surface area contributed by atoms with Crippen LogP contribution in [-0.4, -0.2) is 42.3 Å². The van der Waals surface area contributed by atoms with E-state index in [2.05, 4.69) is 31.2 Å². The van der Waals surface area contributed by atoms with Crippen LogP contribution in [0.15, 0.2) is 11.1 Å². The number of aryl methyl sites for hydroxylation is 1. The Morgan fingerprint density at radius 1 is 1.47 bits per heavy atom. The number of carbonyl (C=O) groups is 1. The molecule has 0 aliphatic rings. The first-order valence-electron chi connectivity index (χ1n) is 5.65. The first kappa shape index (κ1) is 13.7. The molecule has 0 atom stereocenters. The summed E-state index contributed by atoms with van der Waals surface area (Å²) < 4.78 is 7.26. The van der Waals surface area contributed by atoms with Crippen LogP contribution in [0, 0.1) is 0 Å². The van der Waals surface area contributed by atoms with Gasteiger partial charge in [-0.1, -0.05) is 21.1 Å². The molecule has 0 saturated heterocycles. The van der Waals surface area contributed by atoms with Crippen LogP contribution in [0.3, 0.4) is 0 Å². The summed E-state index contributed by atoms with van der Waals surface area (Å²) in [5, 5.41) is 8.24. The topological polar surface area (TPSA) is 91.4 Å². The average Bonchev–Trinajstić information content (AvgIpc) is 2.83. The standard InChI is InChI=1S/C10H12BrN5O3/c1-15-10(18)16-6-12-7(8(16)13-14-15)9(17)19-5-3-2-4-11/h6H,2-5H2,1H3. The number of carbonyl (C=O) groups excluding carboxylic acids is 1. The monoisotopic (exact) mass is 329 g/mol. The second-order valence-electron chi connectivity index (χ2n) is 3.81. The van der Waals surface area contributed by atoms with E-state index in [9.17, 15) is 9.59 Å². The fourth-order valence-corrected chi connectivity index (χ4v) is 1.85. The molecule has 0 saturated carbocycles. The molecule has 8 nitrogen and oxygen atoms in total. The minimum atomic E-state index is -0.598. The number of nitrogens with zero attached hydrogens (tertiary/aromatic N) is 5. The van der Waals surface area contributed by atoms with Gasteiger partial charge in [0.05, 0.1) is 6.61 Å². The Balaban J connectivity index is 2.19. The molecule has 2 heterocycles. The number of esters is 1. The highest BCUT2D eigenvalue weighted by Gasteiger charge is 2.18. The van der Waals surface area contributed by atoms with Crippen molar-refractivity contribution in [2.24, 2.45) is 7.05 Å². The Hall–Kier alpha value is -1.77. The number of halogens is 1. The molecule has 0 bridgehead atoms. The molecule has 0 N–H and O–H groups in total. The highest BCUT2D eigenvalue weighted by molar-refractivity contribution is 9.09. The van der Waals surface area contributed by atoms with E-state index in [0.717, 1.165) is 27.3 Å². The molecule has 0 aromatic carbocycles.